The van der Waals surface area contributed by atoms with E-state index >= 15 is 0 Å². The Hall–Kier alpha value is -0.860. The van der Waals surface area contributed by atoms with Crippen molar-refractivity contribution in [2.75, 3.05) is 0 Å². The van der Waals surface area contributed by atoms with Gasteiger partial charge in [-0.15, -0.1) is 5.10 Å². The van der Waals surface area contributed by atoms with Gasteiger partial charge >= 0.3 is 0 Å². The van der Waals surface area contributed by atoms with Gasteiger partial charge in [0.05, 0.1) is 11.9 Å². The van der Waals surface area contributed by atoms with Crippen molar-refractivity contribution in [3.63, 3.8) is 0 Å². The Morgan fingerprint density at radius 3 is 2.44 bits per heavy atom. The lowest BCUT2D eigenvalue weighted by atomic mass is 9.93. The Kier molecular flexibility index (Phi) is 6.37. The summed E-state index contributed by atoms with van der Waals surface area (Å²) in [5, 5.41) is 8.26. The van der Waals surface area contributed by atoms with E-state index in [1.54, 1.807) is 0 Å². The monoisotopic (exact) mass is 251 g/mol. The van der Waals surface area contributed by atoms with Crippen LogP contribution in [0.4, 0.5) is 0 Å². The number of aromatic nitrogens is 3. The van der Waals surface area contributed by atoms with Gasteiger partial charge in [-0.2, -0.15) is 0 Å². The van der Waals surface area contributed by atoms with E-state index < -0.39 is 0 Å². The molecule has 18 heavy (non-hydrogen) atoms. The van der Waals surface area contributed by atoms with Crippen LogP contribution in [0.2, 0.25) is 0 Å². The van der Waals surface area contributed by atoms with Gasteiger partial charge in [-0.3, -0.25) is 0 Å². The average Bonchev–Trinajstić information content (AvgIpc) is 2.73. The molecule has 3 nitrogen and oxygen atoms in total. The number of aryl methyl sites for hydroxylation is 2. The molecule has 0 aliphatic carbocycles. The third-order valence-corrected chi connectivity index (χ3v) is 3.84. The maximum Gasteiger partial charge on any atom is 0.0725 e. The van der Waals surface area contributed by atoms with Gasteiger partial charge in [0.2, 0.25) is 0 Å². The van der Waals surface area contributed by atoms with Crippen LogP contribution in [-0.4, -0.2) is 15.0 Å². The fourth-order valence-electron chi connectivity index (χ4n) is 2.02. The largest absolute Gasteiger partial charge is 0.249 e. The zero-order valence-electron chi connectivity index (χ0n) is 12.7. The van der Waals surface area contributed by atoms with Gasteiger partial charge in [0.25, 0.3) is 0 Å². The molecular formula is C15H29N3. The highest BCUT2D eigenvalue weighted by Crippen LogP contribution is 2.17. The first-order valence-corrected chi connectivity index (χ1v) is 7.38. The maximum absolute atomic E-state index is 4.20. The highest BCUT2D eigenvalue weighted by molar-refractivity contribution is 4.94. The summed E-state index contributed by atoms with van der Waals surface area (Å²) >= 11 is 0. The number of nitrogens with zero attached hydrogens (tertiary/aromatic N) is 3. The van der Waals surface area contributed by atoms with E-state index in [-0.39, 0.29) is 0 Å². The fraction of sp³-hybridized carbons (Fsp3) is 0.867. The number of hydrogen-bond donors (Lipinski definition) is 0. The summed E-state index contributed by atoms with van der Waals surface area (Å²) in [5.41, 5.74) is 1.30. The molecule has 1 unspecified atom stereocenters. The predicted octanol–water partition coefficient (Wildman–Crippen LogP) is 3.94. The predicted molar refractivity (Wildman–Crippen MR) is 76.4 cm³/mol. The van der Waals surface area contributed by atoms with Gasteiger partial charge in [0, 0.05) is 6.54 Å². The first kappa shape index (κ1) is 15.2. The first-order valence-electron chi connectivity index (χ1n) is 7.38. The quantitative estimate of drug-likeness (QED) is 0.700. The van der Waals surface area contributed by atoms with E-state index in [4.69, 9.17) is 0 Å². The van der Waals surface area contributed by atoms with Crippen molar-refractivity contribution in [3.05, 3.63) is 11.9 Å². The summed E-state index contributed by atoms with van der Waals surface area (Å²) in [6, 6.07) is 0. The molecule has 0 amide bonds. The summed E-state index contributed by atoms with van der Waals surface area (Å²) in [5.74, 6) is 2.30. The summed E-state index contributed by atoms with van der Waals surface area (Å²) < 4.78 is 2.09. The van der Waals surface area contributed by atoms with Crippen LogP contribution in [0.1, 0.15) is 59.6 Å². The molecule has 0 saturated heterocycles. The van der Waals surface area contributed by atoms with Crippen LogP contribution in [-0.2, 0) is 13.0 Å². The maximum atomic E-state index is 4.20. The van der Waals surface area contributed by atoms with Crippen LogP contribution in [0, 0.1) is 17.8 Å². The lowest BCUT2D eigenvalue weighted by Crippen LogP contribution is -2.10. The minimum absolute atomic E-state index is 0.760. The summed E-state index contributed by atoms with van der Waals surface area (Å²) in [6.07, 6.45) is 6.74. The summed E-state index contributed by atoms with van der Waals surface area (Å²) in [7, 11) is 0. The average molecular weight is 251 g/mol. The minimum Gasteiger partial charge on any atom is -0.249 e. The van der Waals surface area contributed by atoms with Gasteiger partial charge < -0.3 is 0 Å². The molecule has 1 aromatic heterocycles. The molecule has 1 atom stereocenters. The Morgan fingerprint density at radius 1 is 1.11 bits per heavy atom. The van der Waals surface area contributed by atoms with E-state index in [9.17, 15) is 0 Å². The summed E-state index contributed by atoms with van der Waals surface area (Å²) in [6.45, 7) is 12.5. The molecule has 0 bridgehead atoms. The SMILES string of the molecule is CC(C)CCCn1nncc1CCC(C)C(C)C. The van der Waals surface area contributed by atoms with Crippen molar-refractivity contribution in [2.24, 2.45) is 17.8 Å². The Morgan fingerprint density at radius 2 is 1.83 bits per heavy atom. The molecule has 104 valence electrons. The third kappa shape index (κ3) is 5.19. The Balaban J connectivity index is 2.40. The van der Waals surface area contributed by atoms with Crippen LogP contribution in [0.25, 0.3) is 0 Å². The Labute approximate surface area is 112 Å². The van der Waals surface area contributed by atoms with E-state index in [1.807, 2.05) is 6.20 Å². The lowest BCUT2D eigenvalue weighted by Gasteiger charge is -2.15. The first-order chi connectivity index (χ1) is 8.50. The topological polar surface area (TPSA) is 30.7 Å². The van der Waals surface area contributed by atoms with E-state index in [0.717, 1.165) is 30.7 Å². The second kappa shape index (κ2) is 7.55. The van der Waals surface area contributed by atoms with E-state index in [1.165, 1.54) is 25.0 Å². The van der Waals surface area contributed by atoms with Crippen LogP contribution in [0.5, 0.6) is 0 Å². The third-order valence-electron chi connectivity index (χ3n) is 3.84. The lowest BCUT2D eigenvalue weighted by molar-refractivity contribution is 0.385. The zero-order valence-corrected chi connectivity index (χ0v) is 12.7. The van der Waals surface area contributed by atoms with Crippen molar-refractivity contribution in [1.82, 2.24) is 15.0 Å². The normalized spacial score (nSPS) is 13.5. The molecule has 3 heteroatoms. The number of hydrogen-bond acceptors (Lipinski definition) is 2. The molecule has 0 aliphatic rings. The molecular weight excluding hydrogens is 222 g/mol. The van der Waals surface area contributed by atoms with E-state index in [0.29, 0.717) is 0 Å². The second-order valence-corrected chi connectivity index (χ2v) is 6.24. The van der Waals surface area contributed by atoms with Crippen molar-refractivity contribution in [2.45, 2.75) is 66.8 Å². The van der Waals surface area contributed by atoms with Crippen molar-refractivity contribution in [1.29, 1.82) is 0 Å². The molecule has 1 rings (SSSR count). The highest BCUT2D eigenvalue weighted by atomic mass is 15.4. The molecule has 1 heterocycles. The van der Waals surface area contributed by atoms with Gasteiger partial charge in [-0.25, -0.2) is 4.68 Å². The highest BCUT2D eigenvalue weighted by Gasteiger charge is 2.10. The van der Waals surface area contributed by atoms with Crippen LogP contribution in [0.3, 0.4) is 0 Å². The van der Waals surface area contributed by atoms with E-state index in [2.05, 4.69) is 49.6 Å². The number of rotatable bonds is 8. The fourth-order valence-corrected chi connectivity index (χ4v) is 2.02. The molecule has 0 fully saturated rings. The van der Waals surface area contributed by atoms with Gasteiger partial charge in [-0.05, 0) is 43.4 Å². The van der Waals surface area contributed by atoms with Crippen LogP contribution >= 0.6 is 0 Å². The molecule has 0 aliphatic heterocycles. The molecule has 1 aromatic rings. The van der Waals surface area contributed by atoms with Crippen LogP contribution in [0.15, 0.2) is 6.20 Å². The van der Waals surface area contributed by atoms with Crippen molar-refractivity contribution in [3.8, 4) is 0 Å². The minimum atomic E-state index is 0.760. The second-order valence-electron chi connectivity index (χ2n) is 6.24. The van der Waals surface area contributed by atoms with Gasteiger partial charge in [0.1, 0.15) is 0 Å². The molecule has 0 saturated carbocycles. The smallest absolute Gasteiger partial charge is 0.0725 e. The van der Waals surface area contributed by atoms with Gasteiger partial charge in [-0.1, -0.05) is 39.8 Å². The molecule has 0 aromatic carbocycles. The summed E-state index contributed by atoms with van der Waals surface area (Å²) in [4.78, 5) is 0. The van der Waals surface area contributed by atoms with Crippen molar-refractivity contribution >= 4 is 0 Å². The standard InChI is InChI=1S/C15H29N3/c1-12(2)7-6-10-18-15(11-16-17-18)9-8-14(5)13(3)4/h11-14H,6-10H2,1-5H3. The van der Waals surface area contributed by atoms with Gasteiger partial charge in [0.15, 0.2) is 0 Å². The van der Waals surface area contributed by atoms with Crippen molar-refractivity contribution < 1.29 is 0 Å². The Bertz CT molecular complexity index is 328. The molecule has 0 N–H and O–H groups in total. The molecule has 0 spiro atoms. The molecule has 0 radical (unpaired) electrons. The van der Waals surface area contributed by atoms with Crippen LogP contribution < -0.4 is 0 Å². The zero-order chi connectivity index (χ0) is 13.5.